The summed E-state index contributed by atoms with van der Waals surface area (Å²) in [5.41, 5.74) is 1.82. The van der Waals surface area contributed by atoms with Crippen LogP contribution in [0.1, 0.15) is 43.0 Å². The fraction of sp³-hybridized carbons (Fsp3) is 0.533. The number of carbonyl (C=O) groups excluding carboxylic acids is 1. The second-order valence-electron chi connectivity index (χ2n) is 4.76. The van der Waals surface area contributed by atoms with E-state index in [9.17, 15) is 4.79 Å². The van der Waals surface area contributed by atoms with Crippen LogP contribution in [0.5, 0.6) is 0 Å². The molecule has 0 aliphatic heterocycles. The van der Waals surface area contributed by atoms with Crippen LogP contribution >= 0.6 is 0 Å². The molecule has 0 aliphatic rings. The van der Waals surface area contributed by atoms with Crippen LogP contribution in [0.15, 0.2) is 24.3 Å². The van der Waals surface area contributed by atoms with Gasteiger partial charge in [-0.05, 0) is 30.7 Å². The number of nitrogens with one attached hydrogen (secondary N) is 1. The lowest BCUT2D eigenvalue weighted by atomic mass is 10.1. The second kappa shape index (κ2) is 7.75. The Balaban J connectivity index is 2.38. The molecule has 0 atom stereocenters. The Labute approximate surface area is 110 Å². The first-order chi connectivity index (χ1) is 8.65. The SMILES string of the molecule is CCCCCCNc1ccc(C(=O)N(C)C)cc1. The van der Waals surface area contributed by atoms with Crippen molar-refractivity contribution in [3.8, 4) is 0 Å². The van der Waals surface area contributed by atoms with E-state index in [1.807, 2.05) is 24.3 Å². The van der Waals surface area contributed by atoms with Crippen LogP contribution in [0.2, 0.25) is 0 Å². The molecule has 3 nitrogen and oxygen atoms in total. The first-order valence-corrected chi connectivity index (χ1v) is 6.70. The topological polar surface area (TPSA) is 32.3 Å². The Hall–Kier alpha value is -1.51. The Morgan fingerprint density at radius 3 is 2.33 bits per heavy atom. The van der Waals surface area contributed by atoms with E-state index in [2.05, 4.69) is 12.2 Å². The molecule has 1 amide bonds. The number of benzene rings is 1. The summed E-state index contributed by atoms with van der Waals surface area (Å²) in [6.45, 7) is 3.22. The highest BCUT2D eigenvalue weighted by atomic mass is 16.2. The van der Waals surface area contributed by atoms with Crippen LogP contribution in [0.4, 0.5) is 5.69 Å². The van der Waals surface area contributed by atoms with Crippen LogP contribution in [-0.4, -0.2) is 31.4 Å². The van der Waals surface area contributed by atoms with Crippen molar-refractivity contribution < 1.29 is 4.79 Å². The summed E-state index contributed by atoms with van der Waals surface area (Å²) >= 11 is 0. The molecule has 3 heteroatoms. The molecule has 0 heterocycles. The van der Waals surface area contributed by atoms with Crippen LogP contribution in [0.25, 0.3) is 0 Å². The molecule has 100 valence electrons. The number of unbranched alkanes of at least 4 members (excludes halogenated alkanes) is 3. The zero-order valence-electron chi connectivity index (χ0n) is 11.7. The van der Waals surface area contributed by atoms with Crippen molar-refractivity contribution in [1.82, 2.24) is 4.90 Å². The second-order valence-corrected chi connectivity index (χ2v) is 4.76. The van der Waals surface area contributed by atoms with Gasteiger partial charge < -0.3 is 10.2 Å². The Morgan fingerprint density at radius 2 is 1.78 bits per heavy atom. The molecule has 0 bridgehead atoms. The standard InChI is InChI=1S/C15H24N2O/c1-4-5-6-7-12-16-14-10-8-13(9-11-14)15(18)17(2)3/h8-11,16H,4-7,12H2,1-3H3. The van der Waals surface area contributed by atoms with Gasteiger partial charge in [0, 0.05) is 31.9 Å². The van der Waals surface area contributed by atoms with Gasteiger partial charge in [-0.25, -0.2) is 0 Å². The zero-order chi connectivity index (χ0) is 13.4. The van der Waals surface area contributed by atoms with E-state index < -0.39 is 0 Å². The zero-order valence-corrected chi connectivity index (χ0v) is 11.7. The molecule has 0 spiro atoms. The summed E-state index contributed by atoms with van der Waals surface area (Å²) in [5, 5.41) is 3.37. The molecule has 1 rings (SSSR count). The van der Waals surface area contributed by atoms with Gasteiger partial charge in [0.05, 0.1) is 0 Å². The van der Waals surface area contributed by atoms with E-state index in [1.165, 1.54) is 25.7 Å². The van der Waals surface area contributed by atoms with Gasteiger partial charge in [0.1, 0.15) is 0 Å². The maximum absolute atomic E-state index is 11.7. The van der Waals surface area contributed by atoms with Crippen LogP contribution in [0, 0.1) is 0 Å². The third-order valence-electron chi connectivity index (χ3n) is 2.90. The molecule has 18 heavy (non-hydrogen) atoms. The fourth-order valence-corrected chi connectivity index (χ4v) is 1.77. The fourth-order valence-electron chi connectivity index (χ4n) is 1.77. The van der Waals surface area contributed by atoms with Crippen molar-refractivity contribution in [3.05, 3.63) is 29.8 Å². The first-order valence-electron chi connectivity index (χ1n) is 6.70. The molecule has 1 aromatic rings. The molecule has 0 aromatic heterocycles. The molecular formula is C15H24N2O. The summed E-state index contributed by atoms with van der Waals surface area (Å²) in [6.07, 6.45) is 5.05. The van der Waals surface area contributed by atoms with Crippen molar-refractivity contribution in [2.75, 3.05) is 26.0 Å². The molecule has 0 aliphatic carbocycles. The Kier molecular flexibility index (Phi) is 6.26. The average molecular weight is 248 g/mol. The highest BCUT2D eigenvalue weighted by Crippen LogP contribution is 2.11. The molecule has 0 saturated carbocycles. The summed E-state index contributed by atoms with van der Waals surface area (Å²) in [5.74, 6) is 0.0458. The van der Waals surface area contributed by atoms with Gasteiger partial charge in [-0.3, -0.25) is 4.79 Å². The predicted octanol–water partition coefficient (Wildman–Crippen LogP) is 3.38. The number of rotatable bonds is 7. The van der Waals surface area contributed by atoms with E-state index in [0.29, 0.717) is 0 Å². The number of anilines is 1. The Morgan fingerprint density at radius 1 is 1.11 bits per heavy atom. The highest BCUT2D eigenvalue weighted by molar-refractivity contribution is 5.94. The summed E-state index contributed by atoms with van der Waals surface area (Å²) in [4.78, 5) is 13.3. The number of carbonyl (C=O) groups is 1. The minimum Gasteiger partial charge on any atom is -0.385 e. The Bertz CT molecular complexity index is 357. The number of hydrogen-bond donors (Lipinski definition) is 1. The van der Waals surface area contributed by atoms with Gasteiger partial charge >= 0.3 is 0 Å². The number of amides is 1. The number of nitrogens with zero attached hydrogens (tertiary/aromatic N) is 1. The summed E-state index contributed by atoms with van der Waals surface area (Å²) in [7, 11) is 3.53. The van der Waals surface area contributed by atoms with E-state index in [-0.39, 0.29) is 5.91 Å². The molecule has 0 radical (unpaired) electrons. The van der Waals surface area contributed by atoms with Gasteiger partial charge in [0.25, 0.3) is 5.91 Å². The lowest BCUT2D eigenvalue weighted by Gasteiger charge is -2.11. The van der Waals surface area contributed by atoms with E-state index in [4.69, 9.17) is 0 Å². The molecular weight excluding hydrogens is 224 g/mol. The average Bonchev–Trinajstić information content (AvgIpc) is 2.38. The molecule has 0 unspecified atom stereocenters. The van der Waals surface area contributed by atoms with E-state index in [1.54, 1.807) is 19.0 Å². The third kappa shape index (κ3) is 4.78. The van der Waals surface area contributed by atoms with Gasteiger partial charge in [-0.15, -0.1) is 0 Å². The third-order valence-corrected chi connectivity index (χ3v) is 2.90. The van der Waals surface area contributed by atoms with Gasteiger partial charge in [0.2, 0.25) is 0 Å². The monoisotopic (exact) mass is 248 g/mol. The summed E-state index contributed by atoms with van der Waals surface area (Å²) < 4.78 is 0. The quantitative estimate of drug-likeness (QED) is 0.750. The smallest absolute Gasteiger partial charge is 0.253 e. The summed E-state index contributed by atoms with van der Waals surface area (Å²) in [6, 6.07) is 7.68. The van der Waals surface area contributed by atoms with Crippen LogP contribution in [-0.2, 0) is 0 Å². The minimum absolute atomic E-state index is 0.0458. The maximum Gasteiger partial charge on any atom is 0.253 e. The normalized spacial score (nSPS) is 10.2. The molecule has 1 N–H and O–H groups in total. The van der Waals surface area contributed by atoms with Crippen molar-refractivity contribution >= 4 is 11.6 Å². The van der Waals surface area contributed by atoms with Crippen molar-refractivity contribution in [2.24, 2.45) is 0 Å². The van der Waals surface area contributed by atoms with Gasteiger partial charge in [0.15, 0.2) is 0 Å². The largest absolute Gasteiger partial charge is 0.385 e. The molecule has 1 aromatic carbocycles. The van der Waals surface area contributed by atoms with E-state index in [0.717, 1.165) is 17.8 Å². The highest BCUT2D eigenvalue weighted by Gasteiger charge is 2.06. The lowest BCUT2D eigenvalue weighted by molar-refractivity contribution is 0.0827. The van der Waals surface area contributed by atoms with Crippen LogP contribution < -0.4 is 5.32 Å². The molecule has 0 saturated heterocycles. The van der Waals surface area contributed by atoms with Gasteiger partial charge in [-0.1, -0.05) is 26.2 Å². The maximum atomic E-state index is 11.7. The van der Waals surface area contributed by atoms with Gasteiger partial charge in [-0.2, -0.15) is 0 Å². The minimum atomic E-state index is 0.0458. The first kappa shape index (κ1) is 14.6. The van der Waals surface area contributed by atoms with Crippen LogP contribution in [0.3, 0.4) is 0 Å². The van der Waals surface area contributed by atoms with Crippen molar-refractivity contribution in [3.63, 3.8) is 0 Å². The lowest BCUT2D eigenvalue weighted by Crippen LogP contribution is -2.21. The predicted molar refractivity (Wildman–Crippen MR) is 77.1 cm³/mol. The van der Waals surface area contributed by atoms with E-state index >= 15 is 0 Å². The molecule has 0 fully saturated rings. The van der Waals surface area contributed by atoms with Crippen molar-refractivity contribution in [1.29, 1.82) is 0 Å². The van der Waals surface area contributed by atoms with Crippen molar-refractivity contribution in [2.45, 2.75) is 32.6 Å². The number of hydrogen-bond acceptors (Lipinski definition) is 2.